The Hall–Kier alpha value is -7.82. The number of piperidine rings is 2. The number of fused-ring (bicyclic) bond motifs is 8. The van der Waals surface area contributed by atoms with Crippen molar-refractivity contribution in [3.8, 4) is 28.3 Å². The van der Waals surface area contributed by atoms with Gasteiger partial charge in [0.15, 0.2) is 11.6 Å². The minimum atomic E-state index is -0.529. The summed E-state index contributed by atoms with van der Waals surface area (Å²) in [5.41, 5.74) is 9.49. The van der Waals surface area contributed by atoms with Gasteiger partial charge in [-0.1, -0.05) is 18.2 Å². The molecular weight excluding hydrogens is 821 g/mol. The van der Waals surface area contributed by atoms with E-state index in [0.29, 0.717) is 29.0 Å². The Balaban J connectivity index is 0.000000130. The average molecular weight is 873 g/mol. The third-order valence-electron chi connectivity index (χ3n) is 11.6. The van der Waals surface area contributed by atoms with E-state index in [0.717, 1.165) is 84.4 Å². The van der Waals surface area contributed by atoms with Gasteiger partial charge in [-0.3, -0.25) is 29.5 Å². The van der Waals surface area contributed by atoms with E-state index in [9.17, 15) is 9.59 Å². The van der Waals surface area contributed by atoms with E-state index in [1.807, 2.05) is 62.3 Å². The molecule has 11 rings (SSSR count). The zero-order chi connectivity index (χ0) is 44.9. The lowest BCUT2D eigenvalue weighted by Gasteiger charge is -2.45. The van der Waals surface area contributed by atoms with Crippen LogP contribution < -0.4 is 35.4 Å². The molecular formula is C48H52N14O3. The Morgan fingerprint density at radius 2 is 1.32 bits per heavy atom. The summed E-state index contributed by atoms with van der Waals surface area (Å²) in [5, 5.41) is 17.2. The number of aromatic nitrogens is 8. The van der Waals surface area contributed by atoms with E-state index in [1.54, 1.807) is 71.7 Å². The maximum absolute atomic E-state index is 13.3. The molecule has 65 heavy (non-hydrogen) atoms. The Morgan fingerprint density at radius 3 is 1.97 bits per heavy atom. The standard InChI is InChI=1S/C21H23N7O.C16H18N4.C11H11N3O2/c1-14-10-15(7-8-22-14)18-5-6-19-20(25-18)28(17-4-3-9-27(19)13-17)21(29)24-16-11-23-26(2)12-16;1-11-9-12(6-7-17-11)14-4-5-15-16(19-14)18-13-3-2-8-20(15)10-13;1-14-8-9(7-12-14)13-11(15)16-10-5-3-2-4-6-10/h5-8,10-12,17H,3-4,9,13H2,1-2H3,(H,24,29);4-7,9,13H,2-3,8,10H2,1H3,(H,18,19);2-8H,1H3,(H,13,15)/t17-;13-;/m00./s1. The maximum atomic E-state index is 13.3. The molecule has 10 heterocycles. The number of nitrogens with zero attached hydrogens (tertiary/aromatic N) is 11. The predicted molar refractivity (Wildman–Crippen MR) is 253 cm³/mol. The normalized spacial score (nSPS) is 16.6. The van der Waals surface area contributed by atoms with Gasteiger partial charge < -0.3 is 25.2 Å². The molecule has 0 unspecified atom stereocenters. The summed E-state index contributed by atoms with van der Waals surface area (Å²) in [4.78, 5) is 49.6. The molecule has 0 radical (unpaired) electrons. The zero-order valence-corrected chi connectivity index (χ0v) is 36.9. The lowest BCUT2D eigenvalue weighted by molar-refractivity contribution is 0.215. The van der Waals surface area contributed by atoms with Gasteiger partial charge in [-0.25, -0.2) is 19.6 Å². The van der Waals surface area contributed by atoms with Gasteiger partial charge in [-0.2, -0.15) is 10.2 Å². The molecule has 2 atom stereocenters. The first-order valence-corrected chi connectivity index (χ1v) is 21.9. The number of benzene rings is 1. The Bertz CT molecular complexity index is 2790. The van der Waals surface area contributed by atoms with Crippen LogP contribution in [0.4, 0.5) is 44.0 Å². The minimum Gasteiger partial charge on any atom is -0.410 e. The van der Waals surface area contributed by atoms with E-state index >= 15 is 0 Å². The fourth-order valence-electron chi connectivity index (χ4n) is 8.63. The second kappa shape index (κ2) is 18.9. The highest BCUT2D eigenvalue weighted by Gasteiger charge is 2.38. The fourth-order valence-corrected chi connectivity index (χ4v) is 8.63. The van der Waals surface area contributed by atoms with Gasteiger partial charge in [0.05, 0.1) is 52.6 Å². The molecule has 17 nitrogen and oxygen atoms in total. The van der Waals surface area contributed by atoms with Crippen LogP contribution in [0.2, 0.25) is 0 Å². The van der Waals surface area contributed by atoms with Crippen LogP contribution in [0, 0.1) is 13.8 Å². The first kappa shape index (κ1) is 42.5. The minimum absolute atomic E-state index is 0.106. The number of aryl methyl sites for hydroxylation is 4. The number of hydrogen-bond donors (Lipinski definition) is 3. The van der Waals surface area contributed by atoms with Crippen LogP contribution >= 0.6 is 0 Å². The van der Waals surface area contributed by atoms with Crippen LogP contribution in [-0.4, -0.2) is 89.9 Å². The molecule has 17 heteroatoms. The third kappa shape index (κ3) is 10.0. The molecule has 1 aromatic carbocycles. The van der Waals surface area contributed by atoms with Crippen molar-refractivity contribution in [2.75, 3.05) is 56.8 Å². The monoisotopic (exact) mass is 872 g/mol. The third-order valence-corrected chi connectivity index (χ3v) is 11.6. The SMILES string of the molecule is Cc1cc(-c2ccc3c(n2)N(C(=O)Nc2cnn(C)c2)[C@H]2CCCN3C2)ccn1.Cc1cc(-c2ccc3c(n2)N[C@H]2CCCN3C2)ccn1.Cn1cc(NC(=O)Oc2ccccc2)cn1. The van der Waals surface area contributed by atoms with Crippen molar-refractivity contribution in [2.45, 2.75) is 51.6 Å². The molecule has 0 aliphatic carbocycles. The van der Waals surface area contributed by atoms with Gasteiger partial charge in [-0.05, 0) is 100 Å². The van der Waals surface area contributed by atoms with Gasteiger partial charge in [0.1, 0.15) is 5.75 Å². The number of hydrogen-bond acceptors (Lipinski definition) is 12. The molecule has 332 valence electrons. The molecule has 2 fully saturated rings. The van der Waals surface area contributed by atoms with E-state index in [1.165, 1.54) is 18.5 Å². The smallest absolute Gasteiger partial charge is 0.410 e. The molecule has 6 aromatic heterocycles. The van der Waals surface area contributed by atoms with Crippen molar-refractivity contribution >= 4 is 46.5 Å². The summed E-state index contributed by atoms with van der Waals surface area (Å²) in [6, 6.07) is 25.9. The largest absolute Gasteiger partial charge is 0.417 e. The number of carbonyl (C=O) groups is 2. The second-order valence-corrected chi connectivity index (χ2v) is 16.6. The van der Waals surface area contributed by atoms with E-state index in [2.05, 4.69) is 70.2 Å². The van der Waals surface area contributed by atoms with Gasteiger partial charge >= 0.3 is 12.1 Å². The summed E-state index contributed by atoms with van der Waals surface area (Å²) in [7, 11) is 3.60. The number of pyridine rings is 4. The molecule has 3 amide bonds. The van der Waals surface area contributed by atoms with Crippen molar-refractivity contribution < 1.29 is 14.3 Å². The van der Waals surface area contributed by atoms with Gasteiger partial charge in [0.25, 0.3) is 0 Å². The second-order valence-electron chi connectivity index (χ2n) is 16.6. The van der Waals surface area contributed by atoms with Crippen molar-refractivity contribution in [3.05, 3.63) is 127 Å². The van der Waals surface area contributed by atoms with Gasteiger partial charge in [0, 0.05) is 93.6 Å². The van der Waals surface area contributed by atoms with Crippen molar-refractivity contribution in [3.63, 3.8) is 0 Å². The Kier molecular flexibility index (Phi) is 12.3. The summed E-state index contributed by atoms with van der Waals surface area (Å²) in [5.74, 6) is 2.26. The highest BCUT2D eigenvalue weighted by Crippen LogP contribution is 2.40. The molecule has 2 saturated heterocycles. The van der Waals surface area contributed by atoms with Crippen molar-refractivity contribution in [2.24, 2.45) is 14.1 Å². The quantitative estimate of drug-likeness (QED) is 0.152. The Labute approximate surface area is 377 Å². The average Bonchev–Trinajstić information content (AvgIpc) is 3.92. The van der Waals surface area contributed by atoms with Gasteiger partial charge in [-0.15, -0.1) is 0 Å². The summed E-state index contributed by atoms with van der Waals surface area (Å²) in [6.45, 7) is 8.07. The van der Waals surface area contributed by atoms with Crippen molar-refractivity contribution in [1.82, 2.24) is 39.5 Å². The van der Waals surface area contributed by atoms with Crippen LogP contribution in [0.3, 0.4) is 0 Å². The summed E-state index contributed by atoms with van der Waals surface area (Å²) in [6.07, 6.45) is 14.3. The number of rotatable bonds is 5. The number of para-hydroxylation sites is 1. The highest BCUT2D eigenvalue weighted by molar-refractivity contribution is 6.04. The summed E-state index contributed by atoms with van der Waals surface area (Å²) >= 11 is 0. The molecule has 4 aliphatic heterocycles. The first-order chi connectivity index (χ1) is 31.6. The number of amides is 3. The van der Waals surface area contributed by atoms with E-state index in [-0.39, 0.29) is 12.1 Å². The van der Waals surface area contributed by atoms with E-state index in [4.69, 9.17) is 14.7 Å². The lowest BCUT2D eigenvalue weighted by Crippen LogP contribution is -2.56. The zero-order valence-electron chi connectivity index (χ0n) is 36.9. The fraction of sp³-hybridized carbons (Fsp3) is 0.292. The lowest BCUT2D eigenvalue weighted by atomic mass is 9.99. The van der Waals surface area contributed by atoms with E-state index < -0.39 is 6.09 Å². The van der Waals surface area contributed by atoms with Crippen LogP contribution in [0.15, 0.2) is 116 Å². The number of nitrogens with one attached hydrogen (secondary N) is 3. The predicted octanol–water partition coefficient (Wildman–Crippen LogP) is 8.08. The molecule has 0 spiro atoms. The molecule has 4 bridgehead atoms. The first-order valence-electron chi connectivity index (χ1n) is 21.9. The van der Waals surface area contributed by atoms with Crippen LogP contribution in [0.1, 0.15) is 37.1 Å². The number of carbonyl (C=O) groups excluding carboxylic acids is 2. The number of urea groups is 1. The van der Waals surface area contributed by atoms with Crippen molar-refractivity contribution in [1.29, 1.82) is 0 Å². The van der Waals surface area contributed by atoms with Crippen LogP contribution in [0.5, 0.6) is 5.75 Å². The highest BCUT2D eigenvalue weighted by atomic mass is 16.6. The van der Waals surface area contributed by atoms with Gasteiger partial charge in [0.2, 0.25) is 0 Å². The maximum Gasteiger partial charge on any atom is 0.417 e. The number of ether oxygens (including phenoxy) is 1. The molecule has 7 aromatic rings. The van der Waals surface area contributed by atoms with Crippen LogP contribution in [0.25, 0.3) is 22.5 Å². The van der Waals surface area contributed by atoms with Crippen LogP contribution in [-0.2, 0) is 14.1 Å². The molecule has 3 N–H and O–H groups in total. The summed E-state index contributed by atoms with van der Waals surface area (Å²) < 4.78 is 8.31. The number of anilines is 6. The Morgan fingerprint density at radius 1 is 0.708 bits per heavy atom. The topological polar surface area (TPSA) is 176 Å². The molecule has 0 saturated carbocycles. The molecule has 4 aliphatic rings.